The number of para-hydroxylation sites is 2. The van der Waals surface area contributed by atoms with Gasteiger partial charge in [0.2, 0.25) is 0 Å². The zero-order valence-corrected chi connectivity index (χ0v) is 15.7. The Balaban J connectivity index is 1.49. The first-order chi connectivity index (χ1) is 13.7. The molecule has 0 aliphatic heterocycles. The number of halogens is 1. The topological polar surface area (TPSA) is 71.8 Å². The highest BCUT2D eigenvalue weighted by Crippen LogP contribution is 2.21. The summed E-state index contributed by atoms with van der Waals surface area (Å²) in [6, 6.07) is 20.5. The van der Waals surface area contributed by atoms with Gasteiger partial charge in [-0.25, -0.2) is 14.8 Å². The molecule has 7 heteroatoms. The molecular weight excluding hydrogens is 374 g/mol. The maximum absolute atomic E-state index is 12.2. The van der Waals surface area contributed by atoms with Gasteiger partial charge in [0.1, 0.15) is 11.3 Å². The van der Waals surface area contributed by atoms with Crippen LogP contribution in [0.3, 0.4) is 0 Å². The quantitative estimate of drug-likeness (QED) is 0.528. The molecular formula is C21H18ClN5O. The van der Waals surface area contributed by atoms with E-state index in [1.807, 2.05) is 59.2 Å². The second-order valence-corrected chi connectivity index (χ2v) is 6.56. The number of hydrogen-bond acceptors (Lipinski definition) is 3. The fraction of sp³-hybridized carbons (Fsp3) is 0.0952. The van der Waals surface area contributed by atoms with E-state index in [4.69, 9.17) is 16.6 Å². The van der Waals surface area contributed by atoms with Crippen LogP contribution in [0.2, 0.25) is 5.02 Å². The lowest BCUT2D eigenvalue weighted by Gasteiger charge is -2.10. The fourth-order valence-corrected chi connectivity index (χ4v) is 3.18. The Morgan fingerprint density at radius 2 is 1.79 bits per heavy atom. The Bertz CT molecular complexity index is 1110. The third kappa shape index (κ3) is 3.82. The van der Waals surface area contributed by atoms with Gasteiger partial charge in [0.05, 0.1) is 10.7 Å². The van der Waals surface area contributed by atoms with E-state index in [1.54, 1.807) is 18.3 Å². The van der Waals surface area contributed by atoms with Gasteiger partial charge in [0, 0.05) is 24.8 Å². The van der Waals surface area contributed by atoms with Crippen molar-refractivity contribution in [3.63, 3.8) is 0 Å². The molecule has 0 fully saturated rings. The molecule has 0 saturated carbocycles. The molecule has 0 aliphatic rings. The van der Waals surface area contributed by atoms with Gasteiger partial charge in [-0.15, -0.1) is 0 Å². The summed E-state index contributed by atoms with van der Waals surface area (Å²) >= 11 is 6.07. The zero-order valence-electron chi connectivity index (χ0n) is 15.0. The minimum atomic E-state index is -0.311. The summed E-state index contributed by atoms with van der Waals surface area (Å²) in [7, 11) is 0. The van der Waals surface area contributed by atoms with E-state index in [0.717, 1.165) is 22.7 Å². The Morgan fingerprint density at radius 1 is 1.00 bits per heavy atom. The molecule has 0 atom stereocenters. The minimum absolute atomic E-state index is 0.311. The number of anilines is 1. The Labute approximate surface area is 167 Å². The van der Waals surface area contributed by atoms with Crippen molar-refractivity contribution in [2.24, 2.45) is 0 Å². The summed E-state index contributed by atoms with van der Waals surface area (Å²) in [6.07, 6.45) is 2.31. The van der Waals surface area contributed by atoms with E-state index in [-0.39, 0.29) is 6.03 Å². The van der Waals surface area contributed by atoms with Crippen molar-refractivity contribution in [2.45, 2.75) is 6.42 Å². The van der Waals surface area contributed by atoms with Crippen LogP contribution in [-0.4, -0.2) is 27.1 Å². The number of urea groups is 1. The number of carbonyl (C=O) groups is 1. The maximum Gasteiger partial charge on any atom is 0.319 e. The molecule has 28 heavy (non-hydrogen) atoms. The number of benzene rings is 2. The van der Waals surface area contributed by atoms with Crippen LogP contribution in [0.5, 0.6) is 0 Å². The lowest BCUT2D eigenvalue weighted by Crippen LogP contribution is -2.31. The zero-order chi connectivity index (χ0) is 19.3. The molecule has 2 aromatic heterocycles. The molecule has 2 aromatic carbocycles. The molecule has 140 valence electrons. The highest BCUT2D eigenvalue weighted by Gasteiger charge is 2.13. The van der Waals surface area contributed by atoms with Crippen LogP contribution in [0.25, 0.3) is 16.9 Å². The van der Waals surface area contributed by atoms with Gasteiger partial charge in [0.25, 0.3) is 0 Å². The molecule has 0 saturated heterocycles. The lowest BCUT2D eigenvalue weighted by atomic mass is 10.3. The smallest absolute Gasteiger partial charge is 0.319 e. The molecule has 0 unspecified atom stereocenters. The number of rotatable bonds is 5. The molecule has 0 aliphatic carbocycles. The molecule has 0 bridgehead atoms. The average molecular weight is 392 g/mol. The number of aromatic nitrogens is 3. The second-order valence-electron chi connectivity index (χ2n) is 6.16. The molecule has 4 rings (SSSR count). The van der Waals surface area contributed by atoms with E-state index >= 15 is 0 Å². The first-order valence-electron chi connectivity index (χ1n) is 8.89. The van der Waals surface area contributed by atoms with Gasteiger partial charge >= 0.3 is 6.03 Å². The molecule has 4 aromatic rings. The SMILES string of the molecule is O=C(NCCc1nc2cccnc2n1-c1ccccc1)Nc1ccccc1Cl. The lowest BCUT2D eigenvalue weighted by molar-refractivity contribution is 0.252. The first-order valence-corrected chi connectivity index (χ1v) is 9.27. The standard InChI is InChI=1S/C21H18ClN5O/c22-16-9-4-5-10-17(16)26-21(28)24-14-12-19-25-18-11-6-13-23-20(18)27(19)15-7-2-1-3-8-15/h1-11,13H,12,14H2,(H2,24,26,28). The summed E-state index contributed by atoms with van der Waals surface area (Å²) in [5.41, 5.74) is 3.17. The number of imidazole rings is 1. The highest BCUT2D eigenvalue weighted by atomic mass is 35.5. The number of hydrogen-bond donors (Lipinski definition) is 2. The van der Waals surface area contributed by atoms with Crippen molar-refractivity contribution in [1.82, 2.24) is 19.9 Å². The number of fused-ring (bicyclic) bond motifs is 1. The van der Waals surface area contributed by atoms with Crippen molar-refractivity contribution in [3.05, 3.63) is 83.8 Å². The van der Waals surface area contributed by atoms with Crippen LogP contribution in [0, 0.1) is 0 Å². The van der Waals surface area contributed by atoms with Crippen LogP contribution in [-0.2, 0) is 6.42 Å². The van der Waals surface area contributed by atoms with Gasteiger partial charge in [0.15, 0.2) is 5.65 Å². The Morgan fingerprint density at radius 3 is 2.61 bits per heavy atom. The van der Waals surface area contributed by atoms with Crippen molar-refractivity contribution in [1.29, 1.82) is 0 Å². The number of carbonyl (C=O) groups excluding carboxylic acids is 1. The van der Waals surface area contributed by atoms with Gasteiger partial charge in [-0.2, -0.15) is 0 Å². The van der Waals surface area contributed by atoms with Crippen LogP contribution in [0.1, 0.15) is 5.82 Å². The first kappa shape index (κ1) is 18.0. The normalized spacial score (nSPS) is 10.8. The molecule has 2 amide bonds. The Hall–Kier alpha value is -3.38. The van der Waals surface area contributed by atoms with Gasteiger partial charge in [-0.3, -0.25) is 4.57 Å². The molecule has 2 N–H and O–H groups in total. The maximum atomic E-state index is 12.2. The van der Waals surface area contributed by atoms with E-state index in [2.05, 4.69) is 15.6 Å². The average Bonchev–Trinajstić information content (AvgIpc) is 3.08. The van der Waals surface area contributed by atoms with E-state index in [0.29, 0.717) is 23.7 Å². The van der Waals surface area contributed by atoms with Crippen molar-refractivity contribution in [3.8, 4) is 5.69 Å². The number of pyridine rings is 1. The third-order valence-electron chi connectivity index (χ3n) is 4.26. The fourth-order valence-electron chi connectivity index (χ4n) is 2.99. The monoisotopic (exact) mass is 391 g/mol. The number of amides is 2. The van der Waals surface area contributed by atoms with Crippen LogP contribution < -0.4 is 10.6 Å². The molecule has 6 nitrogen and oxygen atoms in total. The predicted molar refractivity (Wildman–Crippen MR) is 111 cm³/mol. The van der Waals surface area contributed by atoms with Crippen molar-refractivity contribution in [2.75, 3.05) is 11.9 Å². The van der Waals surface area contributed by atoms with Gasteiger partial charge in [-0.1, -0.05) is 41.9 Å². The van der Waals surface area contributed by atoms with Crippen molar-refractivity contribution >= 4 is 34.5 Å². The van der Waals surface area contributed by atoms with E-state index in [1.165, 1.54) is 0 Å². The van der Waals surface area contributed by atoms with Gasteiger partial charge < -0.3 is 10.6 Å². The number of nitrogens with zero attached hydrogens (tertiary/aromatic N) is 3. The van der Waals surface area contributed by atoms with Crippen LogP contribution >= 0.6 is 11.6 Å². The highest BCUT2D eigenvalue weighted by molar-refractivity contribution is 6.33. The summed E-state index contributed by atoms with van der Waals surface area (Å²) < 4.78 is 2.02. The number of nitrogens with one attached hydrogen (secondary N) is 2. The summed E-state index contributed by atoms with van der Waals surface area (Å²) in [5, 5.41) is 6.09. The minimum Gasteiger partial charge on any atom is -0.337 e. The van der Waals surface area contributed by atoms with Crippen LogP contribution in [0.15, 0.2) is 72.9 Å². The second kappa shape index (κ2) is 8.10. The molecule has 0 spiro atoms. The van der Waals surface area contributed by atoms with Gasteiger partial charge in [-0.05, 0) is 36.4 Å². The van der Waals surface area contributed by atoms with Crippen molar-refractivity contribution < 1.29 is 4.79 Å². The molecule has 0 radical (unpaired) electrons. The third-order valence-corrected chi connectivity index (χ3v) is 4.59. The van der Waals surface area contributed by atoms with E-state index < -0.39 is 0 Å². The van der Waals surface area contributed by atoms with E-state index in [9.17, 15) is 4.79 Å². The summed E-state index contributed by atoms with van der Waals surface area (Å²) in [6.45, 7) is 0.423. The predicted octanol–water partition coefficient (Wildman–Crippen LogP) is 4.44. The largest absolute Gasteiger partial charge is 0.337 e. The molecule has 2 heterocycles. The summed E-state index contributed by atoms with van der Waals surface area (Å²) in [4.78, 5) is 21.3. The summed E-state index contributed by atoms with van der Waals surface area (Å²) in [5.74, 6) is 0.831. The Kier molecular flexibility index (Phi) is 5.21. The van der Waals surface area contributed by atoms with Crippen LogP contribution in [0.4, 0.5) is 10.5 Å².